The van der Waals surface area contributed by atoms with E-state index in [-0.39, 0.29) is 24.2 Å². The normalized spacial score (nSPS) is 16.4. The number of carbonyl (C=O) groups excluding carboxylic acids is 2. The van der Waals surface area contributed by atoms with Gasteiger partial charge in [-0.15, -0.1) is 0 Å². The Balaban J connectivity index is 1.38. The van der Waals surface area contributed by atoms with Crippen molar-refractivity contribution in [2.24, 2.45) is 5.92 Å². The van der Waals surface area contributed by atoms with E-state index in [0.717, 1.165) is 5.75 Å². The molecule has 3 aromatic rings. The van der Waals surface area contributed by atoms with Gasteiger partial charge in [-0.25, -0.2) is 4.98 Å². The molecule has 0 bridgehead atoms. The van der Waals surface area contributed by atoms with Gasteiger partial charge < -0.3 is 14.5 Å². The predicted molar refractivity (Wildman–Crippen MR) is 102 cm³/mol. The molecule has 2 heterocycles. The van der Waals surface area contributed by atoms with Crippen molar-refractivity contribution in [3.8, 4) is 0 Å². The lowest BCUT2D eigenvalue weighted by Crippen LogP contribution is -2.16. The summed E-state index contributed by atoms with van der Waals surface area (Å²) in [5, 5.41) is 3.44. The van der Waals surface area contributed by atoms with Crippen molar-refractivity contribution < 1.29 is 18.7 Å². The number of amides is 1. The van der Waals surface area contributed by atoms with Crippen LogP contribution in [0.4, 0.5) is 5.69 Å². The van der Waals surface area contributed by atoms with Crippen LogP contribution in [0.15, 0.2) is 58.2 Å². The number of esters is 1. The summed E-state index contributed by atoms with van der Waals surface area (Å²) >= 11 is 1.53. The third-order valence-corrected chi connectivity index (χ3v) is 5.17. The minimum absolute atomic E-state index is 0.0470. The topological polar surface area (TPSA) is 81.4 Å². The van der Waals surface area contributed by atoms with Gasteiger partial charge in [-0.05, 0) is 23.8 Å². The maximum Gasteiger partial charge on any atom is 0.306 e. The van der Waals surface area contributed by atoms with Crippen LogP contribution in [0.2, 0.25) is 0 Å². The van der Waals surface area contributed by atoms with Crippen molar-refractivity contribution >= 4 is 40.4 Å². The van der Waals surface area contributed by atoms with E-state index >= 15 is 0 Å². The number of hydrogen-bond acceptors (Lipinski definition) is 6. The second kappa shape index (κ2) is 7.84. The fraction of sp³-hybridized carbons (Fsp3) is 0.250. The summed E-state index contributed by atoms with van der Waals surface area (Å²) < 4.78 is 10.6. The Bertz CT molecular complexity index is 971. The van der Waals surface area contributed by atoms with Crippen LogP contribution < -0.4 is 5.32 Å². The lowest BCUT2D eigenvalue weighted by molar-refractivity contribution is -0.138. The molecule has 0 aliphatic carbocycles. The number of hydrogen-bond donors (Lipinski definition) is 1. The first-order valence-electron chi connectivity index (χ1n) is 8.68. The summed E-state index contributed by atoms with van der Waals surface area (Å²) in [6.45, 7) is 0.316. The second-order valence-corrected chi connectivity index (χ2v) is 7.37. The van der Waals surface area contributed by atoms with Crippen LogP contribution >= 0.6 is 11.8 Å². The van der Waals surface area contributed by atoms with E-state index in [9.17, 15) is 9.59 Å². The predicted octanol–water partition coefficient (Wildman–Crippen LogP) is 4.01. The first kappa shape index (κ1) is 17.6. The monoisotopic (exact) mass is 382 g/mol. The molecule has 0 spiro atoms. The molecule has 7 heteroatoms. The van der Waals surface area contributed by atoms with Gasteiger partial charge in [0.15, 0.2) is 5.58 Å². The van der Waals surface area contributed by atoms with Gasteiger partial charge >= 0.3 is 5.97 Å². The Morgan fingerprint density at radius 3 is 2.85 bits per heavy atom. The number of carbonyl (C=O) groups is 2. The molecule has 1 amide bonds. The largest absolute Gasteiger partial charge is 0.465 e. The summed E-state index contributed by atoms with van der Waals surface area (Å²) in [5.41, 5.74) is 3.24. The molecule has 1 aliphatic rings. The number of thioether (sulfide) groups is 1. The first-order chi connectivity index (χ1) is 13.2. The molecule has 1 aromatic heterocycles. The number of oxazole rings is 1. The number of fused-ring (bicyclic) bond motifs is 1. The quantitative estimate of drug-likeness (QED) is 0.512. The van der Waals surface area contributed by atoms with Crippen molar-refractivity contribution in [3.05, 3.63) is 54.1 Å². The zero-order chi connectivity index (χ0) is 18.6. The van der Waals surface area contributed by atoms with Gasteiger partial charge in [0.2, 0.25) is 5.91 Å². The lowest BCUT2D eigenvalue weighted by atomic mass is 10.0. The SMILES string of the molecule is O=C(CC1COC(=O)C1)Nc1ccc2oc(SCc3ccccc3)nc2c1. The molecule has 6 nitrogen and oxygen atoms in total. The van der Waals surface area contributed by atoms with Crippen molar-refractivity contribution in [2.45, 2.75) is 23.8 Å². The number of nitrogens with one attached hydrogen (secondary N) is 1. The van der Waals surface area contributed by atoms with E-state index in [0.29, 0.717) is 35.0 Å². The number of benzene rings is 2. The highest BCUT2D eigenvalue weighted by atomic mass is 32.2. The average Bonchev–Trinajstić information content (AvgIpc) is 3.26. The zero-order valence-corrected chi connectivity index (χ0v) is 15.3. The van der Waals surface area contributed by atoms with Crippen molar-refractivity contribution in [1.82, 2.24) is 4.98 Å². The van der Waals surface area contributed by atoms with Crippen LogP contribution in [0.3, 0.4) is 0 Å². The van der Waals surface area contributed by atoms with Gasteiger partial charge in [0.1, 0.15) is 5.52 Å². The van der Waals surface area contributed by atoms with E-state index in [2.05, 4.69) is 22.4 Å². The number of rotatable bonds is 6. The molecule has 2 aromatic carbocycles. The lowest BCUT2D eigenvalue weighted by Gasteiger charge is -2.07. The standard InChI is InChI=1S/C20H18N2O4S/c23-18(8-14-9-19(24)25-11-14)21-15-6-7-17-16(10-15)22-20(26-17)27-12-13-4-2-1-3-5-13/h1-7,10,14H,8-9,11-12H2,(H,21,23). The maximum absolute atomic E-state index is 12.1. The highest BCUT2D eigenvalue weighted by Crippen LogP contribution is 2.28. The van der Waals surface area contributed by atoms with Crippen molar-refractivity contribution in [3.63, 3.8) is 0 Å². The Hall–Kier alpha value is -2.80. The molecular formula is C20H18N2O4S. The van der Waals surface area contributed by atoms with Gasteiger partial charge in [0.05, 0.1) is 13.0 Å². The molecule has 1 atom stereocenters. The van der Waals surface area contributed by atoms with Gasteiger partial charge in [0, 0.05) is 23.8 Å². The summed E-state index contributed by atoms with van der Waals surface area (Å²) in [6.07, 6.45) is 0.568. The Labute approximate surface area is 160 Å². The maximum atomic E-state index is 12.1. The first-order valence-corrected chi connectivity index (χ1v) is 9.67. The number of cyclic esters (lactones) is 1. The molecular weight excluding hydrogens is 364 g/mol. The number of nitrogens with zero attached hydrogens (tertiary/aromatic N) is 1. The molecule has 1 saturated heterocycles. The summed E-state index contributed by atoms with van der Waals surface area (Å²) in [7, 11) is 0. The molecule has 0 saturated carbocycles. The van der Waals surface area contributed by atoms with E-state index < -0.39 is 0 Å². The highest BCUT2D eigenvalue weighted by Gasteiger charge is 2.25. The van der Waals surface area contributed by atoms with Crippen LogP contribution in [0, 0.1) is 5.92 Å². The summed E-state index contributed by atoms with van der Waals surface area (Å²) in [4.78, 5) is 27.8. The fourth-order valence-corrected chi connectivity index (χ4v) is 3.73. The van der Waals surface area contributed by atoms with E-state index in [1.807, 2.05) is 18.2 Å². The number of anilines is 1. The van der Waals surface area contributed by atoms with Gasteiger partial charge in [0.25, 0.3) is 5.22 Å². The van der Waals surface area contributed by atoms with Gasteiger partial charge in [-0.3, -0.25) is 9.59 Å². The second-order valence-electron chi connectivity index (χ2n) is 6.44. The molecule has 1 unspecified atom stereocenters. The Kier molecular flexibility index (Phi) is 5.11. The van der Waals surface area contributed by atoms with Gasteiger partial charge in [-0.1, -0.05) is 42.1 Å². The molecule has 4 rings (SSSR count). The Morgan fingerprint density at radius 1 is 1.22 bits per heavy atom. The van der Waals surface area contributed by atoms with Crippen LogP contribution in [0.1, 0.15) is 18.4 Å². The van der Waals surface area contributed by atoms with Crippen LogP contribution in [-0.4, -0.2) is 23.5 Å². The third-order valence-electron chi connectivity index (χ3n) is 4.27. The fourth-order valence-electron chi connectivity index (χ4n) is 2.93. The smallest absolute Gasteiger partial charge is 0.306 e. The summed E-state index contributed by atoms with van der Waals surface area (Å²) in [6, 6.07) is 15.5. The molecule has 1 fully saturated rings. The van der Waals surface area contributed by atoms with Crippen LogP contribution in [0.5, 0.6) is 0 Å². The average molecular weight is 382 g/mol. The summed E-state index contributed by atoms with van der Waals surface area (Å²) in [5.74, 6) is 0.353. The van der Waals surface area contributed by atoms with Gasteiger partial charge in [-0.2, -0.15) is 0 Å². The van der Waals surface area contributed by atoms with Crippen molar-refractivity contribution in [1.29, 1.82) is 0 Å². The minimum atomic E-state index is -0.239. The van der Waals surface area contributed by atoms with Crippen LogP contribution in [0.25, 0.3) is 11.1 Å². The highest BCUT2D eigenvalue weighted by molar-refractivity contribution is 7.98. The molecule has 0 radical (unpaired) electrons. The molecule has 1 aliphatic heterocycles. The van der Waals surface area contributed by atoms with E-state index in [1.54, 1.807) is 18.2 Å². The third kappa shape index (κ3) is 4.49. The Morgan fingerprint density at radius 2 is 2.07 bits per heavy atom. The zero-order valence-electron chi connectivity index (χ0n) is 14.5. The number of aromatic nitrogens is 1. The molecule has 27 heavy (non-hydrogen) atoms. The molecule has 1 N–H and O–H groups in total. The van der Waals surface area contributed by atoms with Crippen LogP contribution in [-0.2, 0) is 20.1 Å². The molecule has 138 valence electrons. The van der Waals surface area contributed by atoms with Crippen molar-refractivity contribution in [2.75, 3.05) is 11.9 Å². The number of ether oxygens (including phenoxy) is 1. The van der Waals surface area contributed by atoms with E-state index in [1.165, 1.54) is 17.3 Å². The van der Waals surface area contributed by atoms with E-state index in [4.69, 9.17) is 9.15 Å². The minimum Gasteiger partial charge on any atom is -0.465 e.